The van der Waals surface area contributed by atoms with E-state index in [1.54, 1.807) is 49.4 Å². The number of ether oxygens (including phenoxy) is 1. The molecule has 1 aliphatic rings. The SMILES string of the molecule is COc1cccc2cc(C(=O)C3=C(O)C(=O)N(c4ccc(C)c(C)c4)C3c3ccc(C)o3)oc12. The summed E-state index contributed by atoms with van der Waals surface area (Å²) in [4.78, 5) is 28.4. The summed E-state index contributed by atoms with van der Waals surface area (Å²) in [6.45, 7) is 5.68. The molecule has 1 unspecified atom stereocenters. The van der Waals surface area contributed by atoms with Gasteiger partial charge in [-0.25, -0.2) is 0 Å². The van der Waals surface area contributed by atoms with E-state index in [4.69, 9.17) is 13.6 Å². The van der Waals surface area contributed by atoms with E-state index < -0.39 is 23.5 Å². The van der Waals surface area contributed by atoms with E-state index in [0.29, 0.717) is 33.9 Å². The third kappa shape index (κ3) is 3.28. The van der Waals surface area contributed by atoms with Crippen LogP contribution >= 0.6 is 0 Å². The lowest BCUT2D eigenvalue weighted by atomic mass is 9.99. The van der Waals surface area contributed by atoms with Crippen LogP contribution in [0, 0.1) is 20.8 Å². The Balaban J connectivity index is 1.66. The van der Waals surface area contributed by atoms with E-state index in [0.717, 1.165) is 11.1 Å². The third-order valence-corrected chi connectivity index (χ3v) is 6.20. The van der Waals surface area contributed by atoms with Crippen molar-refractivity contribution in [3.63, 3.8) is 0 Å². The van der Waals surface area contributed by atoms with Gasteiger partial charge in [-0.05, 0) is 68.3 Å². The second kappa shape index (κ2) is 7.95. The number of fused-ring (bicyclic) bond motifs is 1. The van der Waals surface area contributed by atoms with E-state index >= 15 is 0 Å². The van der Waals surface area contributed by atoms with Gasteiger partial charge in [0.1, 0.15) is 17.6 Å². The molecule has 0 fully saturated rings. The fraction of sp³-hybridized carbons (Fsp3) is 0.185. The number of aryl methyl sites for hydroxylation is 3. The molecule has 172 valence electrons. The van der Waals surface area contributed by atoms with Gasteiger partial charge in [-0.3, -0.25) is 14.5 Å². The van der Waals surface area contributed by atoms with Gasteiger partial charge in [-0.2, -0.15) is 0 Å². The van der Waals surface area contributed by atoms with Crippen LogP contribution in [0.4, 0.5) is 5.69 Å². The second-order valence-corrected chi connectivity index (χ2v) is 8.38. The highest BCUT2D eigenvalue weighted by atomic mass is 16.5. The molecule has 2 aromatic heterocycles. The highest BCUT2D eigenvalue weighted by molar-refractivity contribution is 6.20. The van der Waals surface area contributed by atoms with Crippen molar-refractivity contribution >= 4 is 28.3 Å². The summed E-state index contributed by atoms with van der Waals surface area (Å²) in [5.74, 6) is -0.459. The molecule has 7 nitrogen and oxygen atoms in total. The van der Waals surface area contributed by atoms with Crippen LogP contribution in [0.1, 0.15) is 39.2 Å². The number of ketones is 1. The van der Waals surface area contributed by atoms with Gasteiger partial charge in [0.15, 0.2) is 22.9 Å². The van der Waals surface area contributed by atoms with Crippen LogP contribution in [-0.2, 0) is 4.79 Å². The smallest absolute Gasteiger partial charge is 0.294 e. The molecule has 0 bridgehead atoms. The highest BCUT2D eigenvalue weighted by Gasteiger charge is 2.47. The number of carbonyl (C=O) groups is 2. The summed E-state index contributed by atoms with van der Waals surface area (Å²) in [5, 5.41) is 11.6. The third-order valence-electron chi connectivity index (χ3n) is 6.20. The zero-order chi connectivity index (χ0) is 24.1. The van der Waals surface area contributed by atoms with Gasteiger partial charge in [0.25, 0.3) is 5.91 Å². The molecule has 2 aromatic carbocycles. The molecule has 7 heteroatoms. The first-order valence-corrected chi connectivity index (χ1v) is 10.8. The number of benzene rings is 2. The van der Waals surface area contributed by atoms with E-state index in [-0.39, 0.29) is 11.3 Å². The topological polar surface area (TPSA) is 93.1 Å². The Bertz CT molecular complexity index is 1490. The quantitative estimate of drug-likeness (QED) is 0.384. The summed E-state index contributed by atoms with van der Waals surface area (Å²) in [7, 11) is 1.51. The van der Waals surface area contributed by atoms with Gasteiger partial charge in [-0.1, -0.05) is 18.2 Å². The van der Waals surface area contributed by atoms with Crippen LogP contribution in [0.25, 0.3) is 11.0 Å². The number of carbonyl (C=O) groups excluding carboxylic acids is 2. The number of rotatable bonds is 5. The Morgan fingerprint density at radius 3 is 2.47 bits per heavy atom. The fourth-order valence-corrected chi connectivity index (χ4v) is 4.29. The molecule has 0 saturated heterocycles. The maximum atomic E-state index is 13.7. The first-order valence-electron chi connectivity index (χ1n) is 10.8. The first kappa shape index (κ1) is 21.6. The predicted octanol–water partition coefficient (Wildman–Crippen LogP) is 5.74. The zero-order valence-corrected chi connectivity index (χ0v) is 19.2. The number of nitrogens with zero attached hydrogens (tertiary/aromatic N) is 1. The van der Waals surface area contributed by atoms with Crippen molar-refractivity contribution < 1.29 is 28.3 Å². The van der Waals surface area contributed by atoms with Crippen LogP contribution in [-0.4, -0.2) is 23.9 Å². The number of hydrogen-bond acceptors (Lipinski definition) is 6. The number of amides is 1. The van der Waals surface area contributed by atoms with Crippen molar-refractivity contribution in [2.75, 3.05) is 12.0 Å². The number of anilines is 1. The summed E-state index contributed by atoms with van der Waals surface area (Å²) in [6.07, 6.45) is 0. The first-order chi connectivity index (χ1) is 16.3. The predicted molar refractivity (Wildman–Crippen MR) is 126 cm³/mol. The Morgan fingerprint density at radius 1 is 1.00 bits per heavy atom. The molecule has 1 amide bonds. The molecule has 0 radical (unpaired) electrons. The number of aliphatic hydroxyl groups excluding tert-OH is 1. The molecule has 1 aliphatic heterocycles. The molecule has 4 aromatic rings. The van der Waals surface area contributed by atoms with E-state index in [2.05, 4.69) is 0 Å². The van der Waals surface area contributed by atoms with E-state index in [1.165, 1.54) is 12.0 Å². The summed E-state index contributed by atoms with van der Waals surface area (Å²) in [5.41, 5.74) is 2.89. The van der Waals surface area contributed by atoms with Gasteiger partial charge in [-0.15, -0.1) is 0 Å². The maximum Gasteiger partial charge on any atom is 0.294 e. The van der Waals surface area contributed by atoms with Crippen LogP contribution in [0.3, 0.4) is 0 Å². The lowest BCUT2D eigenvalue weighted by Gasteiger charge is -2.25. The fourth-order valence-electron chi connectivity index (χ4n) is 4.29. The molecule has 0 spiro atoms. The van der Waals surface area contributed by atoms with Crippen molar-refractivity contribution in [1.29, 1.82) is 0 Å². The lowest BCUT2D eigenvalue weighted by Crippen LogP contribution is -2.30. The molecule has 3 heterocycles. The van der Waals surface area contributed by atoms with Crippen LogP contribution in [0.2, 0.25) is 0 Å². The monoisotopic (exact) mass is 457 g/mol. The number of furan rings is 2. The summed E-state index contributed by atoms with van der Waals surface area (Å²) in [6, 6.07) is 14.9. The van der Waals surface area contributed by atoms with E-state index in [1.807, 2.05) is 26.0 Å². The molecule has 5 rings (SSSR count). The van der Waals surface area contributed by atoms with Crippen LogP contribution < -0.4 is 9.64 Å². The average molecular weight is 457 g/mol. The van der Waals surface area contributed by atoms with Crippen LogP contribution in [0.15, 0.2) is 74.8 Å². The molecule has 1 atom stereocenters. The van der Waals surface area contributed by atoms with Gasteiger partial charge < -0.3 is 18.7 Å². The molecular weight excluding hydrogens is 434 g/mol. The minimum absolute atomic E-state index is 0.0101. The Kier molecular flexibility index (Phi) is 5.05. The Labute approximate surface area is 195 Å². The molecule has 0 saturated carbocycles. The number of para-hydroxylation sites is 1. The van der Waals surface area contributed by atoms with Crippen LogP contribution in [0.5, 0.6) is 5.75 Å². The molecule has 34 heavy (non-hydrogen) atoms. The molecule has 0 aliphatic carbocycles. The normalized spacial score (nSPS) is 16.1. The van der Waals surface area contributed by atoms with Gasteiger partial charge >= 0.3 is 0 Å². The van der Waals surface area contributed by atoms with Gasteiger partial charge in [0, 0.05) is 11.1 Å². The van der Waals surface area contributed by atoms with Crippen molar-refractivity contribution in [3.8, 4) is 5.75 Å². The Hall–Kier alpha value is -4.26. The average Bonchev–Trinajstić information content (AvgIpc) is 3.51. The van der Waals surface area contributed by atoms with Gasteiger partial charge in [0.05, 0.1) is 12.7 Å². The Morgan fingerprint density at radius 2 is 1.79 bits per heavy atom. The largest absolute Gasteiger partial charge is 0.503 e. The summed E-state index contributed by atoms with van der Waals surface area (Å²) >= 11 is 0. The lowest BCUT2D eigenvalue weighted by molar-refractivity contribution is -0.117. The van der Waals surface area contributed by atoms with Gasteiger partial charge in [0.2, 0.25) is 5.78 Å². The number of Topliss-reactive ketones (excluding diaryl/α,β-unsaturated/α-hetero) is 1. The van der Waals surface area contributed by atoms with Crippen molar-refractivity contribution in [1.82, 2.24) is 0 Å². The van der Waals surface area contributed by atoms with E-state index in [9.17, 15) is 14.7 Å². The molecule has 1 N–H and O–H groups in total. The second-order valence-electron chi connectivity index (χ2n) is 8.38. The van der Waals surface area contributed by atoms with Crippen molar-refractivity contribution in [2.45, 2.75) is 26.8 Å². The zero-order valence-electron chi connectivity index (χ0n) is 19.2. The highest BCUT2D eigenvalue weighted by Crippen LogP contribution is 2.43. The van der Waals surface area contributed by atoms with Crippen molar-refractivity contribution in [2.24, 2.45) is 0 Å². The number of methoxy groups -OCH3 is 1. The molecular formula is C27H23NO6. The number of hydrogen-bond donors (Lipinski definition) is 1. The summed E-state index contributed by atoms with van der Waals surface area (Å²) < 4.78 is 17.0. The minimum atomic E-state index is -0.953. The standard InChI is InChI=1S/C27H23NO6/c1-14-8-10-18(12-15(14)2)28-23(19-11-9-16(3)33-19)22(25(30)27(28)31)24(29)21-13-17-6-5-7-20(32-4)26(17)34-21/h5-13,23,30H,1-4H3. The minimum Gasteiger partial charge on any atom is -0.503 e. The van der Waals surface area contributed by atoms with Crippen molar-refractivity contribution in [3.05, 3.63) is 94.3 Å². The number of aliphatic hydroxyl groups is 1. The maximum absolute atomic E-state index is 13.7.